The molecule has 5 rings (SSSR count). The van der Waals surface area contributed by atoms with Crippen LogP contribution in [0.3, 0.4) is 0 Å². The second-order valence-electron chi connectivity index (χ2n) is 8.90. The molecular weight excluding hydrogens is 485 g/mol. The lowest BCUT2D eigenvalue weighted by Gasteiger charge is -2.37. The van der Waals surface area contributed by atoms with Crippen molar-refractivity contribution in [1.82, 2.24) is 24.6 Å². The number of alkyl halides is 3. The molecule has 1 saturated heterocycles. The van der Waals surface area contributed by atoms with Gasteiger partial charge in [0.1, 0.15) is 6.07 Å². The van der Waals surface area contributed by atoms with E-state index in [4.69, 9.17) is 0 Å². The number of carbonyl (C=O) groups is 1. The van der Waals surface area contributed by atoms with Crippen molar-refractivity contribution in [2.45, 2.75) is 39.0 Å². The van der Waals surface area contributed by atoms with E-state index in [1.807, 2.05) is 6.07 Å². The molecule has 4 heterocycles. The molecule has 188 valence electrons. The molecule has 0 bridgehead atoms. The summed E-state index contributed by atoms with van der Waals surface area (Å²) in [6.45, 7) is 2.21. The first-order chi connectivity index (χ1) is 17.1. The number of piperidine rings is 1. The Labute approximate surface area is 201 Å². The van der Waals surface area contributed by atoms with Crippen molar-refractivity contribution in [3.63, 3.8) is 0 Å². The van der Waals surface area contributed by atoms with E-state index in [9.17, 15) is 32.0 Å². The van der Waals surface area contributed by atoms with E-state index in [2.05, 4.69) is 15.2 Å². The van der Waals surface area contributed by atoms with Crippen LogP contribution in [0.4, 0.5) is 27.6 Å². The molecule has 3 aromatic rings. The second-order valence-corrected chi connectivity index (χ2v) is 8.90. The molecule has 13 heteroatoms. The number of halogens is 5. The van der Waals surface area contributed by atoms with Gasteiger partial charge in [0.25, 0.3) is 0 Å². The number of amides is 1. The monoisotopic (exact) mass is 505 g/mol. The van der Waals surface area contributed by atoms with Gasteiger partial charge in [-0.05, 0) is 31.9 Å². The highest BCUT2D eigenvalue weighted by molar-refractivity contribution is 5.96. The lowest BCUT2D eigenvalue weighted by Crippen LogP contribution is -2.45. The number of benzene rings is 1. The molecule has 1 fully saturated rings. The molecule has 8 nitrogen and oxygen atoms in total. The van der Waals surface area contributed by atoms with Crippen LogP contribution in [0.1, 0.15) is 35.7 Å². The number of carbonyl (C=O) groups excluding carboxylic acids is 1. The molecule has 0 radical (unpaired) electrons. The Morgan fingerprint density at radius 2 is 1.83 bits per heavy atom. The highest BCUT2D eigenvalue weighted by Crippen LogP contribution is 2.37. The lowest BCUT2D eigenvalue weighted by molar-refractivity contribution is -0.148. The normalized spacial score (nSPS) is 16.8. The summed E-state index contributed by atoms with van der Waals surface area (Å²) in [5.74, 6) is -3.73. The van der Waals surface area contributed by atoms with Crippen molar-refractivity contribution in [2.75, 3.05) is 24.5 Å². The quantitative estimate of drug-likeness (QED) is 0.495. The molecule has 1 amide bonds. The summed E-state index contributed by atoms with van der Waals surface area (Å²) < 4.78 is 69.1. The van der Waals surface area contributed by atoms with Crippen molar-refractivity contribution in [1.29, 1.82) is 5.26 Å². The zero-order chi connectivity index (χ0) is 25.8. The molecule has 0 aliphatic carbocycles. The van der Waals surface area contributed by atoms with Gasteiger partial charge in [-0.1, -0.05) is 0 Å². The Hall–Kier alpha value is -3.82. The van der Waals surface area contributed by atoms with Crippen molar-refractivity contribution < 1.29 is 26.7 Å². The topological polar surface area (TPSA) is 90.9 Å². The van der Waals surface area contributed by atoms with Crippen molar-refractivity contribution >= 4 is 22.5 Å². The van der Waals surface area contributed by atoms with Crippen LogP contribution in [0, 0.1) is 35.8 Å². The van der Waals surface area contributed by atoms with Crippen LogP contribution < -0.4 is 4.90 Å². The second kappa shape index (κ2) is 8.69. The van der Waals surface area contributed by atoms with Crippen LogP contribution in [0.2, 0.25) is 0 Å². The van der Waals surface area contributed by atoms with Crippen LogP contribution in [-0.4, -0.2) is 50.2 Å². The summed E-state index contributed by atoms with van der Waals surface area (Å²) in [6.07, 6.45) is -3.87. The number of rotatable bonds is 2. The number of anilines is 1. The van der Waals surface area contributed by atoms with E-state index in [1.165, 1.54) is 11.0 Å². The maximum Gasteiger partial charge on any atom is 0.451 e. The third-order valence-electron chi connectivity index (χ3n) is 6.79. The first-order valence-electron chi connectivity index (χ1n) is 11.3. The Morgan fingerprint density at radius 3 is 2.50 bits per heavy atom. The molecule has 0 atom stereocenters. The zero-order valence-corrected chi connectivity index (χ0v) is 19.1. The van der Waals surface area contributed by atoms with Gasteiger partial charge in [-0.3, -0.25) is 9.78 Å². The summed E-state index contributed by atoms with van der Waals surface area (Å²) in [6, 6.07) is 4.39. The molecule has 1 aromatic carbocycles. The average molecular weight is 505 g/mol. The van der Waals surface area contributed by atoms with E-state index in [1.54, 1.807) is 11.8 Å². The number of nitrogens with zero attached hydrogens (tertiary/aromatic N) is 7. The van der Waals surface area contributed by atoms with Gasteiger partial charge < -0.3 is 14.4 Å². The Bertz CT molecular complexity index is 1400. The minimum absolute atomic E-state index is 0.0551. The van der Waals surface area contributed by atoms with Gasteiger partial charge in [0.15, 0.2) is 17.5 Å². The Morgan fingerprint density at radius 1 is 1.11 bits per heavy atom. The molecule has 2 aliphatic heterocycles. The first-order valence-corrected chi connectivity index (χ1v) is 11.3. The number of aryl methyl sites for hydroxylation is 1. The van der Waals surface area contributed by atoms with Gasteiger partial charge in [-0.2, -0.15) is 18.4 Å². The highest BCUT2D eigenvalue weighted by Gasteiger charge is 2.40. The molecular formula is C23H20F5N7O. The largest absolute Gasteiger partial charge is 0.451 e. The summed E-state index contributed by atoms with van der Waals surface area (Å²) in [7, 11) is 0. The fourth-order valence-corrected chi connectivity index (χ4v) is 5.01. The fraction of sp³-hybridized carbons (Fsp3) is 0.435. The van der Waals surface area contributed by atoms with Crippen molar-refractivity contribution in [3.05, 3.63) is 46.7 Å². The van der Waals surface area contributed by atoms with E-state index in [-0.39, 0.29) is 53.5 Å². The molecule has 0 spiro atoms. The minimum Gasteiger partial charge on any atom is -0.370 e. The number of hydrogen-bond acceptors (Lipinski definition) is 6. The van der Waals surface area contributed by atoms with Crippen LogP contribution >= 0.6 is 0 Å². The lowest BCUT2D eigenvalue weighted by atomic mass is 9.93. The molecule has 2 aromatic heterocycles. The third kappa shape index (κ3) is 3.90. The molecule has 2 aliphatic rings. The van der Waals surface area contributed by atoms with Crippen LogP contribution in [-0.2, 0) is 24.1 Å². The highest BCUT2D eigenvalue weighted by atomic mass is 19.4. The molecule has 0 saturated carbocycles. The molecule has 36 heavy (non-hydrogen) atoms. The van der Waals surface area contributed by atoms with E-state index in [0.29, 0.717) is 31.6 Å². The van der Waals surface area contributed by atoms with Crippen LogP contribution in [0.5, 0.6) is 0 Å². The Kier molecular flexibility index (Phi) is 5.77. The first kappa shape index (κ1) is 23.9. The van der Waals surface area contributed by atoms with Gasteiger partial charge in [0.2, 0.25) is 11.7 Å². The van der Waals surface area contributed by atoms with Crippen molar-refractivity contribution in [2.24, 2.45) is 5.92 Å². The van der Waals surface area contributed by atoms with E-state index in [0.717, 1.165) is 10.6 Å². The zero-order valence-electron chi connectivity index (χ0n) is 19.1. The SMILES string of the molecule is Cc1nc2ccc(F)c(F)c2c(N2CCC(C(=O)N3CCn4c(nnc4C(F)(F)F)C3)CC2)c1C#N. The number of hydrogen-bond donors (Lipinski definition) is 0. The summed E-state index contributed by atoms with van der Waals surface area (Å²) in [5, 5.41) is 16.5. The maximum absolute atomic E-state index is 14.8. The van der Waals surface area contributed by atoms with Gasteiger partial charge in [0.05, 0.1) is 34.4 Å². The minimum atomic E-state index is -4.62. The predicted octanol–water partition coefficient (Wildman–Crippen LogP) is 3.56. The smallest absolute Gasteiger partial charge is 0.370 e. The van der Waals surface area contributed by atoms with E-state index < -0.39 is 29.6 Å². The summed E-state index contributed by atoms with van der Waals surface area (Å²) in [4.78, 5) is 20.6. The van der Waals surface area contributed by atoms with Gasteiger partial charge in [-0.25, -0.2) is 8.78 Å². The number of aromatic nitrogens is 4. The number of nitriles is 1. The number of pyridine rings is 1. The molecule has 0 unspecified atom stereocenters. The van der Waals surface area contributed by atoms with Gasteiger partial charge in [0, 0.05) is 32.1 Å². The van der Waals surface area contributed by atoms with Gasteiger partial charge in [-0.15, -0.1) is 10.2 Å². The number of fused-ring (bicyclic) bond motifs is 2. The van der Waals surface area contributed by atoms with Crippen LogP contribution in [0.25, 0.3) is 10.9 Å². The fourth-order valence-electron chi connectivity index (χ4n) is 5.01. The standard InChI is InChI=1S/C23H20F5N7O/c1-12-14(10-29)20(18-16(30-12)3-2-15(24)19(18)25)33-6-4-13(5-7-33)21(36)34-8-9-35-17(11-34)31-32-22(35)23(26,27)28/h2-3,13H,4-9,11H2,1H3. The third-order valence-corrected chi connectivity index (χ3v) is 6.79. The predicted molar refractivity (Wildman–Crippen MR) is 116 cm³/mol. The average Bonchev–Trinajstić information content (AvgIpc) is 3.29. The van der Waals surface area contributed by atoms with E-state index >= 15 is 0 Å². The van der Waals surface area contributed by atoms with Gasteiger partial charge >= 0.3 is 6.18 Å². The van der Waals surface area contributed by atoms with Crippen molar-refractivity contribution in [3.8, 4) is 6.07 Å². The Balaban J connectivity index is 1.35. The van der Waals surface area contributed by atoms with Crippen LogP contribution in [0.15, 0.2) is 12.1 Å². The maximum atomic E-state index is 14.8. The summed E-state index contributed by atoms with van der Waals surface area (Å²) >= 11 is 0. The molecule has 0 N–H and O–H groups in total. The summed E-state index contributed by atoms with van der Waals surface area (Å²) in [5.41, 5.74) is 1.02.